The first-order valence-electron chi connectivity index (χ1n) is 5.65. The zero-order valence-electron chi connectivity index (χ0n) is 10.00. The van der Waals surface area contributed by atoms with Crippen molar-refractivity contribution < 1.29 is 18.4 Å². The van der Waals surface area contributed by atoms with Crippen LogP contribution >= 0.6 is 11.3 Å². The Morgan fingerprint density at radius 2 is 2.32 bits per heavy atom. The monoisotopic (exact) mass is 289 g/mol. The Hall–Kier alpha value is -1.38. The van der Waals surface area contributed by atoms with Gasteiger partial charge < -0.3 is 9.63 Å². The molecular formula is C11H13F2N3O2S. The SMILES string of the molecule is OCCN(Cc1nc(-c2ccsc2)no1)CC(F)F. The summed E-state index contributed by atoms with van der Waals surface area (Å²) in [6, 6.07) is 1.85. The van der Waals surface area contributed by atoms with E-state index in [0.717, 1.165) is 5.56 Å². The normalized spacial score (nSPS) is 11.6. The lowest BCUT2D eigenvalue weighted by atomic mass is 10.3. The quantitative estimate of drug-likeness (QED) is 0.843. The highest BCUT2D eigenvalue weighted by Crippen LogP contribution is 2.19. The van der Waals surface area contributed by atoms with Crippen LogP contribution in [-0.4, -0.2) is 46.3 Å². The van der Waals surface area contributed by atoms with E-state index in [2.05, 4.69) is 10.1 Å². The van der Waals surface area contributed by atoms with E-state index in [1.54, 1.807) is 0 Å². The van der Waals surface area contributed by atoms with Gasteiger partial charge in [-0.3, -0.25) is 4.90 Å². The van der Waals surface area contributed by atoms with Gasteiger partial charge in [0, 0.05) is 17.5 Å². The van der Waals surface area contributed by atoms with Gasteiger partial charge >= 0.3 is 0 Å². The Morgan fingerprint density at radius 1 is 1.47 bits per heavy atom. The lowest BCUT2D eigenvalue weighted by Gasteiger charge is -2.18. The maximum Gasteiger partial charge on any atom is 0.251 e. The molecule has 0 radical (unpaired) electrons. The van der Waals surface area contributed by atoms with E-state index in [1.165, 1.54) is 16.2 Å². The van der Waals surface area contributed by atoms with Crippen LogP contribution < -0.4 is 0 Å². The van der Waals surface area contributed by atoms with Gasteiger partial charge in [0.15, 0.2) is 0 Å². The van der Waals surface area contributed by atoms with Gasteiger partial charge in [-0.25, -0.2) is 8.78 Å². The zero-order chi connectivity index (χ0) is 13.7. The summed E-state index contributed by atoms with van der Waals surface area (Å²) in [5.41, 5.74) is 0.836. The van der Waals surface area contributed by atoms with Crippen molar-refractivity contribution in [2.45, 2.75) is 13.0 Å². The van der Waals surface area contributed by atoms with Crippen LogP contribution in [0, 0.1) is 0 Å². The summed E-state index contributed by atoms with van der Waals surface area (Å²) in [6.45, 7) is -0.391. The van der Waals surface area contributed by atoms with Gasteiger partial charge in [-0.15, -0.1) is 0 Å². The Morgan fingerprint density at radius 3 is 2.95 bits per heavy atom. The predicted octanol–water partition coefficient (Wildman–Crippen LogP) is 1.86. The van der Waals surface area contributed by atoms with Crippen LogP contribution in [0.25, 0.3) is 11.4 Å². The summed E-state index contributed by atoms with van der Waals surface area (Å²) in [5, 5.41) is 16.4. The number of aliphatic hydroxyl groups is 1. The van der Waals surface area contributed by atoms with Gasteiger partial charge in [0.1, 0.15) is 0 Å². The van der Waals surface area contributed by atoms with Crippen LogP contribution in [-0.2, 0) is 6.54 Å². The van der Waals surface area contributed by atoms with E-state index in [0.29, 0.717) is 5.82 Å². The first kappa shape index (κ1) is 14.0. The highest BCUT2D eigenvalue weighted by Gasteiger charge is 2.16. The molecule has 0 atom stereocenters. The fourth-order valence-electron chi connectivity index (χ4n) is 1.59. The molecule has 0 aliphatic carbocycles. The second-order valence-electron chi connectivity index (χ2n) is 3.87. The van der Waals surface area contributed by atoms with Crippen molar-refractivity contribution in [2.75, 3.05) is 19.7 Å². The van der Waals surface area contributed by atoms with E-state index in [4.69, 9.17) is 9.63 Å². The molecule has 0 bridgehead atoms. The van der Waals surface area contributed by atoms with Crippen molar-refractivity contribution in [3.8, 4) is 11.4 Å². The zero-order valence-corrected chi connectivity index (χ0v) is 10.8. The van der Waals surface area contributed by atoms with E-state index in [1.807, 2.05) is 16.8 Å². The molecule has 0 saturated carbocycles. The number of alkyl halides is 2. The summed E-state index contributed by atoms with van der Waals surface area (Å²) in [4.78, 5) is 5.51. The van der Waals surface area contributed by atoms with Crippen molar-refractivity contribution in [3.63, 3.8) is 0 Å². The first-order valence-corrected chi connectivity index (χ1v) is 6.60. The molecule has 2 heterocycles. The smallest absolute Gasteiger partial charge is 0.251 e. The summed E-state index contributed by atoms with van der Waals surface area (Å²) < 4.78 is 29.7. The lowest BCUT2D eigenvalue weighted by Crippen LogP contribution is -2.31. The third-order valence-electron chi connectivity index (χ3n) is 2.42. The molecule has 1 N–H and O–H groups in total. The number of aromatic nitrogens is 2. The Balaban J connectivity index is 2.01. The average molecular weight is 289 g/mol. The lowest BCUT2D eigenvalue weighted by molar-refractivity contribution is 0.0692. The van der Waals surface area contributed by atoms with E-state index < -0.39 is 13.0 Å². The molecule has 0 spiro atoms. The van der Waals surface area contributed by atoms with Gasteiger partial charge in [-0.05, 0) is 11.4 Å². The molecule has 5 nitrogen and oxygen atoms in total. The minimum absolute atomic E-state index is 0.0992. The number of rotatable bonds is 7. The van der Waals surface area contributed by atoms with Crippen LogP contribution in [0.3, 0.4) is 0 Å². The molecule has 0 unspecified atom stereocenters. The molecule has 2 aromatic heterocycles. The average Bonchev–Trinajstić information content (AvgIpc) is 2.97. The number of thiophene rings is 1. The second-order valence-corrected chi connectivity index (χ2v) is 4.65. The molecule has 0 aliphatic heterocycles. The number of hydrogen-bond donors (Lipinski definition) is 1. The van der Waals surface area contributed by atoms with Crippen LogP contribution in [0.4, 0.5) is 8.78 Å². The van der Waals surface area contributed by atoms with Crippen molar-refractivity contribution in [2.24, 2.45) is 0 Å². The third-order valence-corrected chi connectivity index (χ3v) is 3.10. The number of halogens is 2. The van der Waals surface area contributed by atoms with Gasteiger partial charge in [0.2, 0.25) is 11.7 Å². The minimum Gasteiger partial charge on any atom is -0.395 e. The van der Waals surface area contributed by atoms with Crippen molar-refractivity contribution >= 4 is 11.3 Å². The molecule has 2 rings (SSSR count). The summed E-state index contributed by atoms with van der Waals surface area (Å²) in [6.07, 6.45) is -2.47. The molecule has 0 aromatic carbocycles. The molecule has 8 heteroatoms. The minimum atomic E-state index is -2.47. The van der Waals surface area contributed by atoms with Crippen LogP contribution in [0.2, 0.25) is 0 Å². The molecular weight excluding hydrogens is 276 g/mol. The Labute approximate surface area is 112 Å². The van der Waals surface area contributed by atoms with Crippen molar-refractivity contribution in [1.29, 1.82) is 0 Å². The van der Waals surface area contributed by atoms with Gasteiger partial charge in [-0.1, -0.05) is 5.16 Å². The Bertz CT molecular complexity index is 490. The number of aliphatic hydroxyl groups excluding tert-OH is 1. The van der Waals surface area contributed by atoms with E-state index in [-0.39, 0.29) is 25.6 Å². The van der Waals surface area contributed by atoms with E-state index in [9.17, 15) is 8.78 Å². The molecule has 2 aromatic rings. The summed E-state index contributed by atoms with van der Waals surface area (Å²) in [7, 11) is 0. The number of nitrogens with zero attached hydrogens (tertiary/aromatic N) is 3. The van der Waals surface area contributed by atoms with Crippen LogP contribution in [0.15, 0.2) is 21.3 Å². The van der Waals surface area contributed by atoms with Crippen molar-refractivity contribution in [1.82, 2.24) is 15.0 Å². The standard InChI is InChI=1S/C11H13F2N3O2S/c12-9(13)5-16(2-3-17)6-10-14-11(15-18-10)8-1-4-19-7-8/h1,4,7,9,17H,2-3,5-6H2. The van der Waals surface area contributed by atoms with Gasteiger partial charge in [0.05, 0.1) is 19.7 Å². The molecule has 104 valence electrons. The summed E-state index contributed by atoms with van der Waals surface area (Å²) >= 11 is 1.51. The highest BCUT2D eigenvalue weighted by atomic mass is 32.1. The molecule has 0 amide bonds. The largest absolute Gasteiger partial charge is 0.395 e. The Kier molecular flexibility index (Phi) is 4.94. The van der Waals surface area contributed by atoms with Crippen LogP contribution in [0.5, 0.6) is 0 Å². The maximum atomic E-state index is 12.4. The van der Waals surface area contributed by atoms with Gasteiger partial charge in [-0.2, -0.15) is 16.3 Å². The van der Waals surface area contributed by atoms with Crippen LogP contribution in [0.1, 0.15) is 5.89 Å². The van der Waals surface area contributed by atoms with Gasteiger partial charge in [0.25, 0.3) is 6.43 Å². The fraction of sp³-hybridized carbons (Fsp3) is 0.455. The molecule has 0 aliphatic rings. The molecule has 19 heavy (non-hydrogen) atoms. The topological polar surface area (TPSA) is 62.4 Å². The first-order chi connectivity index (χ1) is 9.19. The molecule has 0 fully saturated rings. The van der Waals surface area contributed by atoms with E-state index >= 15 is 0 Å². The maximum absolute atomic E-state index is 12.4. The second kappa shape index (κ2) is 6.69. The predicted molar refractivity (Wildman–Crippen MR) is 66.0 cm³/mol. The molecule has 0 saturated heterocycles. The fourth-order valence-corrected chi connectivity index (χ4v) is 2.23. The number of hydrogen-bond acceptors (Lipinski definition) is 6. The van der Waals surface area contributed by atoms with Crippen molar-refractivity contribution in [3.05, 3.63) is 22.7 Å². The third kappa shape index (κ3) is 4.05. The highest BCUT2D eigenvalue weighted by molar-refractivity contribution is 7.08. The summed E-state index contributed by atoms with van der Waals surface area (Å²) in [5.74, 6) is 0.701.